The Kier molecular flexibility index (Phi) is 5.81. The summed E-state index contributed by atoms with van der Waals surface area (Å²) in [6.45, 7) is 5.99. The number of carbonyl (C=O) groups is 2. The molecule has 0 spiro atoms. The topological polar surface area (TPSA) is 83.6 Å². The van der Waals surface area contributed by atoms with Gasteiger partial charge in [-0.25, -0.2) is 17.1 Å². The first kappa shape index (κ1) is 19.4. The van der Waals surface area contributed by atoms with Crippen molar-refractivity contribution in [3.05, 3.63) is 29.6 Å². The highest BCUT2D eigenvalue weighted by atomic mass is 32.2. The second-order valence-electron chi connectivity index (χ2n) is 5.74. The normalized spacial score (nSPS) is 11.9. The molecule has 0 saturated carbocycles. The van der Waals surface area contributed by atoms with Gasteiger partial charge in [0.15, 0.2) is 0 Å². The molecule has 127 valence electrons. The molecule has 23 heavy (non-hydrogen) atoms. The molecule has 0 aromatic heterocycles. The minimum atomic E-state index is -4.04. The van der Waals surface area contributed by atoms with Crippen molar-refractivity contribution in [1.29, 1.82) is 0 Å². The fourth-order valence-corrected chi connectivity index (χ4v) is 3.04. The first-order chi connectivity index (χ1) is 10.5. The van der Waals surface area contributed by atoms with Crippen LogP contribution in [-0.4, -0.2) is 26.0 Å². The van der Waals surface area contributed by atoms with Crippen LogP contribution in [0.15, 0.2) is 12.1 Å². The van der Waals surface area contributed by atoms with Crippen molar-refractivity contribution in [2.75, 3.05) is 10.1 Å². The summed E-state index contributed by atoms with van der Waals surface area (Å²) in [5.74, 6) is -2.81. The lowest BCUT2D eigenvalue weighted by Gasteiger charge is -2.29. The predicted octanol–water partition coefficient (Wildman–Crippen LogP) is 1.93. The van der Waals surface area contributed by atoms with Gasteiger partial charge in [0, 0.05) is 11.5 Å². The highest BCUT2D eigenvalue weighted by Gasteiger charge is 2.37. The maximum absolute atomic E-state index is 13.4. The van der Waals surface area contributed by atoms with Gasteiger partial charge in [0.05, 0.1) is 17.0 Å². The van der Waals surface area contributed by atoms with Crippen LogP contribution in [-0.2, 0) is 14.8 Å². The number of hydrogen-bond donors (Lipinski definition) is 2. The molecule has 0 aliphatic rings. The molecule has 6 nitrogen and oxygen atoms in total. The van der Waals surface area contributed by atoms with E-state index in [1.54, 1.807) is 20.8 Å². The SMILES string of the molecule is CCS(=O)(=O)N(C(=O)C(C)(C)C)c1c[c]c(F)cc1C(=O)NS. The summed E-state index contributed by atoms with van der Waals surface area (Å²) < 4.78 is 40.7. The number of halogens is 1. The van der Waals surface area contributed by atoms with Gasteiger partial charge >= 0.3 is 0 Å². The molecule has 0 aliphatic heterocycles. The minimum Gasteiger partial charge on any atom is -0.299 e. The Morgan fingerprint density at radius 2 is 1.96 bits per heavy atom. The van der Waals surface area contributed by atoms with E-state index in [0.717, 1.165) is 12.1 Å². The Morgan fingerprint density at radius 1 is 1.39 bits per heavy atom. The monoisotopic (exact) mass is 361 g/mol. The number of carbonyl (C=O) groups excluding carboxylic acids is 2. The number of rotatable bonds is 4. The van der Waals surface area contributed by atoms with Gasteiger partial charge < -0.3 is 0 Å². The third-order valence-electron chi connectivity index (χ3n) is 2.93. The quantitative estimate of drug-likeness (QED) is 0.803. The Morgan fingerprint density at radius 3 is 2.39 bits per heavy atom. The third kappa shape index (κ3) is 4.23. The summed E-state index contributed by atoms with van der Waals surface area (Å²) in [6.07, 6.45) is 0. The molecule has 9 heteroatoms. The summed E-state index contributed by atoms with van der Waals surface area (Å²) in [5, 5.41) is 0. The number of benzene rings is 1. The number of hydrogen-bond acceptors (Lipinski definition) is 5. The average molecular weight is 361 g/mol. The highest BCUT2D eigenvalue weighted by molar-refractivity contribution is 7.93. The molecular formula is C14H18FN2O4S2. The van der Waals surface area contributed by atoms with E-state index in [9.17, 15) is 22.4 Å². The maximum Gasteiger partial charge on any atom is 0.263 e. The van der Waals surface area contributed by atoms with Crippen LogP contribution in [0.25, 0.3) is 0 Å². The van der Waals surface area contributed by atoms with E-state index in [2.05, 4.69) is 18.9 Å². The number of sulfonamides is 1. The van der Waals surface area contributed by atoms with Crippen LogP contribution in [0, 0.1) is 17.3 Å². The number of nitrogens with one attached hydrogen (secondary N) is 1. The molecule has 0 heterocycles. The summed E-state index contributed by atoms with van der Waals surface area (Å²) in [4.78, 5) is 24.5. The summed E-state index contributed by atoms with van der Waals surface area (Å²) in [5.41, 5.74) is -1.63. The zero-order chi connectivity index (χ0) is 18.0. The maximum atomic E-state index is 13.4. The number of anilines is 1. The first-order valence-corrected chi connectivity index (χ1v) is 8.74. The second-order valence-corrected chi connectivity index (χ2v) is 8.07. The van der Waals surface area contributed by atoms with Crippen LogP contribution >= 0.6 is 12.8 Å². The fraction of sp³-hybridized carbons (Fsp3) is 0.429. The van der Waals surface area contributed by atoms with Crippen LogP contribution in [0.1, 0.15) is 38.1 Å². The van der Waals surface area contributed by atoms with Crippen LogP contribution in [0.3, 0.4) is 0 Å². The zero-order valence-corrected chi connectivity index (χ0v) is 14.9. The molecule has 0 atom stereocenters. The van der Waals surface area contributed by atoms with Gasteiger partial charge in [-0.1, -0.05) is 33.6 Å². The van der Waals surface area contributed by atoms with E-state index < -0.39 is 33.1 Å². The molecule has 1 radical (unpaired) electrons. The van der Waals surface area contributed by atoms with Crippen molar-refractivity contribution in [3.63, 3.8) is 0 Å². The molecule has 0 aliphatic carbocycles. The van der Waals surface area contributed by atoms with Gasteiger partial charge in [-0.05, 0) is 19.1 Å². The van der Waals surface area contributed by atoms with E-state index in [4.69, 9.17) is 0 Å². The minimum absolute atomic E-state index is 0.264. The molecule has 1 aromatic rings. The van der Waals surface area contributed by atoms with Gasteiger partial charge in [0.2, 0.25) is 15.9 Å². The standard InChI is InChI=1S/C14H18FN2O4S2/c1-5-23(20,21)17(13(19)14(2,3)4)11-7-6-9(15)8-10(11)12(18)16-22/h7-8,22H,5H2,1-4H3,(H,16,18). The Balaban J connectivity index is 3.70. The molecule has 0 fully saturated rings. The zero-order valence-electron chi connectivity index (χ0n) is 13.2. The van der Waals surface area contributed by atoms with E-state index in [0.29, 0.717) is 4.31 Å². The molecule has 1 rings (SSSR count). The summed E-state index contributed by atoms with van der Waals surface area (Å²) >= 11 is 3.60. The highest BCUT2D eigenvalue weighted by Crippen LogP contribution is 2.30. The largest absolute Gasteiger partial charge is 0.299 e. The molecule has 0 unspecified atom stereocenters. The van der Waals surface area contributed by atoms with E-state index in [1.807, 2.05) is 4.72 Å². The molecule has 1 aromatic carbocycles. The number of amides is 2. The predicted molar refractivity (Wildman–Crippen MR) is 88.1 cm³/mol. The number of nitrogens with zero attached hydrogens (tertiary/aromatic N) is 1. The Labute approximate surface area is 140 Å². The van der Waals surface area contributed by atoms with Crippen molar-refractivity contribution in [2.45, 2.75) is 27.7 Å². The molecule has 2 amide bonds. The average Bonchev–Trinajstić information content (AvgIpc) is 2.46. The summed E-state index contributed by atoms with van der Waals surface area (Å²) in [6, 6.07) is 3.94. The number of thiol groups is 1. The van der Waals surface area contributed by atoms with E-state index >= 15 is 0 Å². The lowest BCUT2D eigenvalue weighted by atomic mass is 9.95. The van der Waals surface area contributed by atoms with Crippen LogP contribution in [0.5, 0.6) is 0 Å². The molecule has 0 bridgehead atoms. The molecular weight excluding hydrogens is 343 g/mol. The van der Waals surface area contributed by atoms with E-state index in [-0.39, 0.29) is 17.0 Å². The smallest absolute Gasteiger partial charge is 0.263 e. The lowest BCUT2D eigenvalue weighted by molar-refractivity contribution is -0.124. The third-order valence-corrected chi connectivity index (χ3v) is 4.78. The van der Waals surface area contributed by atoms with Gasteiger partial charge in [-0.3, -0.25) is 14.3 Å². The van der Waals surface area contributed by atoms with Crippen LogP contribution < -0.4 is 9.03 Å². The van der Waals surface area contributed by atoms with Crippen molar-refractivity contribution in [2.24, 2.45) is 5.41 Å². The van der Waals surface area contributed by atoms with Gasteiger partial charge in [0.25, 0.3) is 5.91 Å². The Hall–Kier alpha value is -1.61. The second kappa shape index (κ2) is 6.88. The first-order valence-electron chi connectivity index (χ1n) is 6.68. The van der Waals surface area contributed by atoms with E-state index in [1.165, 1.54) is 6.92 Å². The fourth-order valence-electron chi connectivity index (χ4n) is 1.69. The molecule has 1 N–H and O–H groups in total. The van der Waals surface area contributed by atoms with Crippen molar-refractivity contribution in [1.82, 2.24) is 4.72 Å². The summed E-state index contributed by atoms with van der Waals surface area (Å²) in [7, 11) is -4.04. The van der Waals surface area contributed by atoms with Crippen LogP contribution in [0.2, 0.25) is 0 Å². The van der Waals surface area contributed by atoms with Crippen molar-refractivity contribution >= 4 is 40.3 Å². The van der Waals surface area contributed by atoms with Gasteiger partial charge in [-0.15, -0.1) is 0 Å². The van der Waals surface area contributed by atoms with Crippen molar-refractivity contribution < 1.29 is 22.4 Å². The molecule has 0 saturated heterocycles. The van der Waals surface area contributed by atoms with Crippen molar-refractivity contribution in [3.8, 4) is 0 Å². The van der Waals surface area contributed by atoms with Crippen LogP contribution in [0.4, 0.5) is 10.1 Å². The van der Waals surface area contributed by atoms with Gasteiger partial charge in [0.1, 0.15) is 5.82 Å². The lowest BCUT2D eigenvalue weighted by Crippen LogP contribution is -2.45. The van der Waals surface area contributed by atoms with Gasteiger partial charge in [-0.2, -0.15) is 0 Å². The Bertz CT molecular complexity index is 727.